The van der Waals surface area contributed by atoms with Crippen LogP contribution in [0.2, 0.25) is 0 Å². The normalized spacial score (nSPS) is 12.7. The molecule has 3 aromatic rings. The number of allylic oxidation sites excluding steroid dienone is 1. The number of amides is 1. The van der Waals surface area contributed by atoms with Crippen LogP contribution in [0.1, 0.15) is 37.4 Å². The lowest BCUT2D eigenvalue weighted by Crippen LogP contribution is -2.17. The zero-order valence-corrected chi connectivity index (χ0v) is 14.6. The Bertz CT molecular complexity index is 1040. The van der Waals surface area contributed by atoms with Crippen molar-refractivity contribution >= 4 is 28.5 Å². The molecule has 3 nitrogen and oxygen atoms in total. The Hall–Kier alpha value is -3.20. The molecular formula is C23H19NO2. The van der Waals surface area contributed by atoms with Crippen LogP contribution in [0.5, 0.6) is 0 Å². The van der Waals surface area contributed by atoms with Crippen molar-refractivity contribution in [2.45, 2.75) is 12.8 Å². The second-order valence-electron chi connectivity index (χ2n) is 6.51. The number of hydrogen-bond acceptors (Lipinski definition) is 2. The van der Waals surface area contributed by atoms with Crippen molar-refractivity contribution in [3.63, 3.8) is 0 Å². The molecule has 26 heavy (non-hydrogen) atoms. The fraction of sp³-hybridized carbons (Fsp3) is 0.130. The Kier molecular flexibility index (Phi) is 4.13. The van der Waals surface area contributed by atoms with Crippen LogP contribution in [0.4, 0.5) is 0 Å². The Morgan fingerprint density at radius 3 is 2.38 bits per heavy atom. The smallest absolute Gasteiger partial charge is 0.251 e. The summed E-state index contributed by atoms with van der Waals surface area (Å²) >= 11 is 0. The molecule has 0 bridgehead atoms. The van der Waals surface area contributed by atoms with Gasteiger partial charge in [0, 0.05) is 18.2 Å². The van der Waals surface area contributed by atoms with E-state index in [4.69, 9.17) is 0 Å². The van der Waals surface area contributed by atoms with Crippen molar-refractivity contribution in [1.29, 1.82) is 0 Å². The Morgan fingerprint density at radius 2 is 1.65 bits per heavy atom. The number of aryl methyl sites for hydroxylation is 2. The lowest BCUT2D eigenvalue weighted by atomic mass is 9.97. The van der Waals surface area contributed by atoms with Gasteiger partial charge < -0.3 is 5.32 Å². The summed E-state index contributed by atoms with van der Waals surface area (Å²) < 4.78 is 0. The van der Waals surface area contributed by atoms with Gasteiger partial charge in [-0.3, -0.25) is 9.59 Å². The molecule has 0 atom stereocenters. The highest BCUT2D eigenvalue weighted by Crippen LogP contribution is 2.33. The first-order valence-electron chi connectivity index (χ1n) is 8.75. The molecule has 1 aliphatic rings. The number of carbonyl (C=O) groups is 2. The number of benzene rings is 3. The number of nitrogens with one attached hydrogen (secondary N) is 1. The molecule has 0 heterocycles. The lowest BCUT2D eigenvalue weighted by Gasteiger charge is -2.06. The Balaban J connectivity index is 1.62. The molecule has 3 aromatic carbocycles. The van der Waals surface area contributed by atoms with E-state index in [-0.39, 0.29) is 11.7 Å². The monoisotopic (exact) mass is 341 g/mol. The van der Waals surface area contributed by atoms with Crippen LogP contribution in [0, 0.1) is 0 Å². The summed E-state index contributed by atoms with van der Waals surface area (Å²) in [5.41, 5.74) is 4.90. The summed E-state index contributed by atoms with van der Waals surface area (Å²) in [5, 5.41) is 4.89. The molecule has 128 valence electrons. The van der Waals surface area contributed by atoms with Gasteiger partial charge in [0.25, 0.3) is 5.91 Å². The van der Waals surface area contributed by atoms with Crippen LogP contribution in [0.25, 0.3) is 16.8 Å². The SMILES string of the molecule is CNC(=O)c1ccc(C=CC(=O)c2ccc3c4c(cccc24)CC3)cc1. The number of rotatable bonds is 4. The Morgan fingerprint density at radius 1 is 0.923 bits per heavy atom. The van der Waals surface area contributed by atoms with Gasteiger partial charge in [-0.2, -0.15) is 0 Å². The van der Waals surface area contributed by atoms with E-state index < -0.39 is 0 Å². The molecule has 0 aromatic heterocycles. The topological polar surface area (TPSA) is 46.2 Å². The average molecular weight is 341 g/mol. The Labute approximate surface area is 152 Å². The molecule has 4 rings (SSSR count). The third-order valence-corrected chi connectivity index (χ3v) is 4.97. The van der Waals surface area contributed by atoms with Gasteiger partial charge in [0.05, 0.1) is 0 Å². The predicted octanol–water partition coefficient (Wildman–Crippen LogP) is 4.19. The molecule has 0 fully saturated rings. The molecule has 1 aliphatic carbocycles. The van der Waals surface area contributed by atoms with Crippen molar-refractivity contribution in [3.05, 3.63) is 88.5 Å². The highest BCUT2D eigenvalue weighted by molar-refractivity contribution is 6.16. The van der Waals surface area contributed by atoms with E-state index in [2.05, 4.69) is 17.4 Å². The zero-order chi connectivity index (χ0) is 18.1. The van der Waals surface area contributed by atoms with E-state index in [1.165, 1.54) is 16.5 Å². The third-order valence-electron chi connectivity index (χ3n) is 4.97. The average Bonchev–Trinajstić information content (AvgIpc) is 3.11. The highest BCUT2D eigenvalue weighted by atomic mass is 16.1. The van der Waals surface area contributed by atoms with Crippen molar-refractivity contribution in [2.75, 3.05) is 7.05 Å². The summed E-state index contributed by atoms with van der Waals surface area (Å²) in [6.45, 7) is 0. The quantitative estimate of drug-likeness (QED) is 0.571. The number of ketones is 1. The summed E-state index contributed by atoms with van der Waals surface area (Å²) in [7, 11) is 1.60. The maximum Gasteiger partial charge on any atom is 0.251 e. The van der Waals surface area contributed by atoms with E-state index >= 15 is 0 Å². The summed E-state index contributed by atoms with van der Waals surface area (Å²) in [5.74, 6) is -0.125. The third kappa shape index (κ3) is 2.82. The van der Waals surface area contributed by atoms with Crippen molar-refractivity contribution in [3.8, 4) is 0 Å². The van der Waals surface area contributed by atoms with Gasteiger partial charge in [0.15, 0.2) is 5.78 Å². The summed E-state index contributed by atoms with van der Waals surface area (Å²) in [4.78, 5) is 24.3. The molecule has 0 spiro atoms. The minimum Gasteiger partial charge on any atom is -0.355 e. The molecule has 0 aliphatic heterocycles. The number of hydrogen-bond donors (Lipinski definition) is 1. The van der Waals surface area contributed by atoms with Gasteiger partial charge in [-0.05, 0) is 58.5 Å². The standard InChI is InChI=1S/C23H19NO2/c1-24-23(26)18-8-5-15(6-9-18)7-14-21(25)19-13-12-17-11-10-16-3-2-4-20(19)22(16)17/h2-9,12-14H,10-11H2,1H3,(H,24,26). The molecule has 0 saturated heterocycles. The first kappa shape index (κ1) is 16.3. The van der Waals surface area contributed by atoms with Crippen molar-refractivity contribution in [1.82, 2.24) is 5.32 Å². The van der Waals surface area contributed by atoms with Gasteiger partial charge in [0.1, 0.15) is 0 Å². The fourth-order valence-corrected chi connectivity index (χ4v) is 3.61. The predicted molar refractivity (Wildman–Crippen MR) is 105 cm³/mol. The van der Waals surface area contributed by atoms with E-state index in [1.54, 1.807) is 31.3 Å². The fourth-order valence-electron chi connectivity index (χ4n) is 3.61. The van der Waals surface area contributed by atoms with Gasteiger partial charge in [-0.1, -0.05) is 48.5 Å². The maximum absolute atomic E-state index is 12.7. The van der Waals surface area contributed by atoms with Gasteiger partial charge in [-0.15, -0.1) is 0 Å². The van der Waals surface area contributed by atoms with Crippen LogP contribution in [-0.4, -0.2) is 18.7 Å². The highest BCUT2D eigenvalue weighted by Gasteiger charge is 2.17. The molecule has 0 unspecified atom stereocenters. The minimum absolute atomic E-state index is 0.00372. The van der Waals surface area contributed by atoms with Crippen LogP contribution in [-0.2, 0) is 12.8 Å². The number of carbonyl (C=O) groups excluding carboxylic acids is 2. The summed E-state index contributed by atoms with van der Waals surface area (Å²) in [6, 6.07) is 17.4. The van der Waals surface area contributed by atoms with Gasteiger partial charge in [0.2, 0.25) is 0 Å². The van der Waals surface area contributed by atoms with Gasteiger partial charge in [-0.25, -0.2) is 0 Å². The second kappa shape index (κ2) is 6.60. The molecular weight excluding hydrogens is 322 g/mol. The molecule has 1 N–H and O–H groups in total. The summed E-state index contributed by atoms with van der Waals surface area (Å²) in [6.07, 6.45) is 5.50. The maximum atomic E-state index is 12.7. The molecule has 1 amide bonds. The van der Waals surface area contributed by atoms with Crippen LogP contribution in [0.3, 0.4) is 0 Å². The van der Waals surface area contributed by atoms with Crippen LogP contribution in [0.15, 0.2) is 60.7 Å². The molecule has 0 saturated carbocycles. The zero-order valence-electron chi connectivity index (χ0n) is 14.6. The van der Waals surface area contributed by atoms with Crippen molar-refractivity contribution in [2.24, 2.45) is 0 Å². The van der Waals surface area contributed by atoms with Crippen LogP contribution < -0.4 is 5.32 Å². The van der Waals surface area contributed by atoms with E-state index in [0.29, 0.717) is 5.56 Å². The van der Waals surface area contributed by atoms with Crippen LogP contribution >= 0.6 is 0 Å². The lowest BCUT2D eigenvalue weighted by molar-refractivity contribution is 0.0962. The largest absolute Gasteiger partial charge is 0.355 e. The van der Waals surface area contributed by atoms with Crippen molar-refractivity contribution < 1.29 is 9.59 Å². The minimum atomic E-state index is -0.121. The van der Waals surface area contributed by atoms with E-state index in [1.807, 2.05) is 30.3 Å². The molecule has 3 heteroatoms. The first-order valence-corrected chi connectivity index (χ1v) is 8.75. The van der Waals surface area contributed by atoms with Gasteiger partial charge >= 0.3 is 0 Å². The van der Waals surface area contributed by atoms with E-state index in [0.717, 1.165) is 29.4 Å². The van der Waals surface area contributed by atoms with E-state index in [9.17, 15) is 9.59 Å². The first-order chi connectivity index (χ1) is 12.7. The second-order valence-corrected chi connectivity index (χ2v) is 6.51. The molecule has 0 radical (unpaired) electrons.